The Balaban J connectivity index is 1.63. The minimum Gasteiger partial charge on any atom is -0.428 e. The van der Waals surface area contributed by atoms with Crippen molar-refractivity contribution in [2.45, 2.75) is 63.7 Å². The monoisotopic (exact) mass is 560 g/mol. The van der Waals surface area contributed by atoms with Gasteiger partial charge in [0.15, 0.2) is 0 Å². The van der Waals surface area contributed by atoms with Gasteiger partial charge in [0.25, 0.3) is 0 Å². The average Bonchev–Trinajstić information content (AvgIpc) is 2.83. The van der Waals surface area contributed by atoms with E-state index < -0.39 is 63.6 Å². The largest absolute Gasteiger partial charge is 0.432 e. The zero-order chi connectivity index (χ0) is 28.5. The number of ether oxygens (including phenoxy) is 1. The van der Waals surface area contributed by atoms with Crippen molar-refractivity contribution in [3.8, 4) is 16.9 Å². The fraction of sp³-hybridized carbons (Fsp3) is 0.379. The number of alkyl halides is 5. The molecule has 3 aromatic rings. The summed E-state index contributed by atoms with van der Waals surface area (Å²) in [6.07, 6.45) is -4.67. The van der Waals surface area contributed by atoms with Gasteiger partial charge in [-0.25, -0.2) is 17.6 Å². The minimum absolute atomic E-state index is 0.170. The van der Waals surface area contributed by atoms with Gasteiger partial charge in [0.05, 0.1) is 0 Å². The molecule has 1 aliphatic rings. The molecule has 39 heavy (non-hydrogen) atoms. The van der Waals surface area contributed by atoms with E-state index in [1.807, 2.05) is 0 Å². The summed E-state index contributed by atoms with van der Waals surface area (Å²) in [6.45, 7) is 2.08. The fourth-order valence-electron chi connectivity index (χ4n) is 5.28. The first kappa shape index (κ1) is 28.8. The molecule has 0 aliphatic heterocycles. The maximum atomic E-state index is 15.1. The molecule has 3 aromatic carbocycles. The summed E-state index contributed by atoms with van der Waals surface area (Å²) in [4.78, 5) is 0. The summed E-state index contributed by atoms with van der Waals surface area (Å²) in [5, 5.41) is 0. The van der Waals surface area contributed by atoms with Gasteiger partial charge in [-0.1, -0.05) is 38.0 Å². The van der Waals surface area contributed by atoms with Crippen LogP contribution >= 0.6 is 0 Å². The minimum atomic E-state index is -5.33. The standard InChI is InChI=1S/C29H25F9O/c1-2-5-16-8-10-17(11-9-16)18-12-23(32)27(24(33)13-18)29(37,38)39-25-7-4-3-6-20(25)19-14-21(30)26(22(31)15-19)28(34,35)36/h3-4,6-7,12-17H,2,5,8-11H2,1H3. The summed E-state index contributed by atoms with van der Waals surface area (Å²) >= 11 is 0. The lowest BCUT2D eigenvalue weighted by molar-refractivity contribution is -0.189. The highest BCUT2D eigenvalue weighted by atomic mass is 19.4. The molecule has 0 spiro atoms. The van der Waals surface area contributed by atoms with Gasteiger partial charge in [0, 0.05) is 5.56 Å². The molecule has 210 valence electrons. The van der Waals surface area contributed by atoms with Crippen LogP contribution in [-0.4, -0.2) is 0 Å². The highest BCUT2D eigenvalue weighted by Crippen LogP contribution is 2.43. The summed E-state index contributed by atoms with van der Waals surface area (Å²) in [5.41, 5.74) is -4.47. The highest BCUT2D eigenvalue weighted by Gasteiger charge is 2.42. The van der Waals surface area contributed by atoms with E-state index in [9.17, 15) is 30.7 Å². The van der Waals surface area contributed by atoms with Gasteiger partial charge >= 0.3 is 12.3 Å². The lowest BCUT2D eigenvalue weighted by atomic mass is 9.77. The van der Waals surface area contributed by atoms with Crippen molar-refractivity contribution in [3.05, 3.63) is 88.5 Å². The normalized spacial score (nSPS) is 18.3. The van der Waals surface area contributed by atoms with Gasteiger partial charge in [0.2, 0.25) is 0 Å². The van der Waals surface area contributed by atoms with Gasteiger partial charge in [-0.15, -0.1) is 0 Å². The SMILES string of the molecule is CCCC1CCC(c2cc(F)c(C(F)(F)Oc3ccccc3-c3cc(F)c(C(F)(F)F)c(F)c3)c(F)c2)CC1. The van der Waals surface area contributed by atoms with E-state index in [2.05, 4.69) is 11.7 Å². The third kappa shape index (κ3) is 6.20. The van der Waals surface area contributed by atoms with E-state index in [0.29, 0.717) is 30.9 Å². The summed E-state index contributed by atoms with van der Waals surface area (Å²) < 4.78 is 132. The Morgan fingerprint density at radius 3 is 1.82 bits per heavy atom. The van der Waals surface area contributed by atoms with Crippen LogP contribution in [0.15, 0.2) is 48.5 Å². The van der Waals surface area contributed by atoms with E-state index in [1.54, 1.807) is 0 Å². The van der Waals surface area contributed by atoms with Crippen LogP contribution < -0.4 is 4.74 Å². The molecule has 0 bridgehead atoms. The lowest BCUT2D eigenvalue weighted by Crippen LogP contribution is -2.26. The quantitative estimate of drug-likeness (QED) is 0.261. The lowest BCUT2D eigenvalue weighted by Gasteiger charge is -2.29. The van der Waals surface area contributed by atoms with Crippen molar-refractivity contribution < 1.29 is 44.3 Å². The highest BCUT2D eigenvalue weighted by molar-refractivity contribution is 5.71. The van der Waals surface area contributed by atoms with Gasteiger partial charge < -0.3 is 4.74 Å². The van der Waals surface area contributed by atoms with E-state index >= 15 is 8.78 Å². The van der Waals surface area contributed by atoms with Crippen molar-refractivity contribution in [2.75, 3.05) is 0 Å². The molecule has 0 saturated heterocycles. The summed E-state index contributed by atoms with van der Waals surface area (Å²) in [7, 11) is 0. The molecule has 1 nitrogen and oxygen atoms in total. The second-order valence-corrected chi connectivity index (χ2v) is 9.79. The molecular formula is C29H25F9O. The smallest absolute Gasteiger partial charge is 0.428 e. The Morgan fingerprint density at radius 2 is 1.28 bits per heavy atom. The molecule has 4 rings (SSSR count). The van der Waals surface area contributed by atoms with Crippen LogP contribution in [0.1, 0.15) is 68.1 Å². The van der Waals surface area contributed by atoms with Crippen molar-refractivity contribution in [1.29, 1.82) is 0 Å². The van der Waals surface area contributed by atoms with E-state index in [1.165, 1.54) is 12.1 Å². The van der Waals surface area contributed by atoms with Gasteiger partial charge in [-0.3, -0.25) is 0 Å². The Hall–Kier alpha value is -3.17. The molecule has 1 saturated carbocycles. The van der Waals surface area contributed by atoms with Crippen LogP contribution in [0.3, 0.4) is 0 Å². The van der Waals surface area contributed by atoms with Crippen LogP contribution in [0.2, 0.25) is 0 Å². The molecule has 1 aliphatic carbocycles. The average molecular weight is 560 g/mol. The summed E-state index contributed by atoms with van der Waals surface area (Å²) in [6, 6.07) is 6.84. The molecule has 0 radical (unpaired) electrons. The third-order valence-electron chi connectivity index (χ3n) is 7.13. The Morgan fingerprint density at radius 1 is 0.744 bits per heavy atom. The second-order valence-electron chi connectivity index (χ2n) is 9.79. The second kappa shape index (κ2) is 11.1. The van der Waals surface area contributed by atoms with Crippen LogP contribution in [0, 0.1) is 29.2 Å². The molecule has 0 N–H and O–H groups in total. The number of hydrogen-bond acceptors (Lipinski definition) is 1. The van der Waals surface area contributed by atoms with Gasteiger partial charge in [-0.05, 0) is 79.0 Å². The topological polar surface area (TPSA) is 9.23 Å². The summed E-state index contributed by atoms with van der Waals surface area (Å²) in [5.74, 6) is -7.35. The van der Waals surface area contributed by atoms with Gasteiger partial charge in [-0.2, -0.15) is 22.0 Å². The van der Waals surface area contributed by atoms with Crippen molar-refractivity contribution >= 4 is 0 Å². The molecule has 10 heteroatoms. The van der Waals surface area contributed by atoms with E-state index in [0.717, 1.165) is 49.9 Å². The maximum absolute atomic E-state index is 15.1. The fourth-order valence-corrected chi connectivity index (χ4v) is 5.28. The Bertz CT molecular complexity index is 1280. The first-order valence-electron chi connectivity index (χ1n) is 12.5. The molecule has 0 unspecified atom stereocenters. The predicted octanol–water partition coefficient (Wildman–Crippen LogP) is 10.1. The molecule has 0 aromatic heterocycles. The number of rotatable bonds is 7. The third-order valence-corrected chi connectivity index (χ3v) is 7.13. The molecular weight excluding hydrogens is 535 g/mol. The van der Waals surface area contributed by atoms with Crippen molar-refractivity contribution in [1.82, 2.24) is 0 Å². The van der Waals surface area contributed by atoms with Crippen molar-refractivity contribution in [3.63, 3.8) is 0 Å². The number of para-hydroxylation sites is 1. The number of hydrogen-bond donors (Lipinski definition) is 0. The van der Waals surface area contributed by atoms with Crippen LogP contribution in [-0.2, 0) is 12.3 Å². The zero-order valence-corrected chi connectivity index (χ0v) is 20.8. The number of benzene rings is 3. The zero-order valence-electron chi connectivity index (χ0n) is 20.8. The van der Waals surface area contributed by atoms with E-state index in [4.69, 9.17) is 0 Å². The molecule has 0 heterocycles. The van der Waals surface area contributed by atoms with Gasteiger partial charge in [0.1, 0.15) is 40.1 Å². The van der Waals surface area contributed by atoms with Crippen LogP contribution in [0.25, 0.3) is 11.1 Å². The van der Waals surface area contributed by atoms with Crippen molar-refractivity contribution in [2.24, 2.45) is 5.92 Å². The Labute approximate surface area is 219 Å². The van der Waals surface area contributed by atoms with Crippen LogP contribution in [0.5, 0.6) is 5.75 Å². The first-order chi connectivity index (χ1) is 18.3. The Kier molecular flexibility index (Phi) is 8.23. The molecule has 0 amide bonds. The van der Waals surface area contributed by atoms with E-state index in [-0.39, 0.29) is 11.5 Å². The number of halogens is 9. The van der Waals surface area contributed by atoms with Crippen LogP contribution in [0.4, 0.5) is 39.5 Å². The predicted molar refractivity (Wildman–Crippen MR) is 127 cm³/mol. The first-order valence-corrected chi connectivity index (χ1v) is 12.5. The molecule has 1 fully saturated rings. The maximum Gasteiger partial charge on any atom is 0.432 e. The molecule has 0 atom stereocenters.